The summed E-state index contributed by atoms with van der Waals surface area (Å²) in [5.41, 5.74) is 1.21. The van der Waals surface area contributed by atoms with Gasteiger partial charge in [0.1, 0.15) is 11.5 Å². The van der Waals surface area contributed by atoms with E-state index in [1.54, 1.807) is 0 Å². The highest BCUT2D eigenvalue weighted by Gasteiger charge is 2.13. The molecule has 4 heteroatoms. The molecule has 0 aromatic heterocycles. The van der Waals surface area contributed by atoms with E-state index in [4.69, 9.17) is 14.2 Å². The van der Waals surface area contributed by atoms with Crippen molar-refractivity contribution >= 4 is 0 Å². The molecular weight excluding hydrogens is 266 g/mol. The molecule has 0 aliphatic carbocycles. The molecule has 2 aromatic rings. The van der Waals surface area contributed by atoms with Crippen molar-refractivity contribution in [3.63, 3.8) is 0 Å². The zero-order chi connectivity index (χ0) is 14.5. The van der Waals surface area contributed by atoms with Crippen LogP contribution < -0.4 is 19.5 Å². The summed E-state index contributed by atoms with van der Waals surface area (Å²) in [5.74, 6) is 3.07. The SMILES string of the molecule is CCCNCc1cccc(Oc2ccc3c(c2)OCO3)c1. The van der Waals surface area contributed by atoms with Crippen molar-refractivity contribution in [1.29, 1.82) is 0 Å². The van der Waals surface area contributed by atoms with E-state index in [0.717, 1.165) is 42.5 Å². The van der Waals surface area contributed by atoms with Crippen LogP contribution in [0.25, 0.3) is 0 Å². The van der Waals surface area contributed by atoms with E-state index in [1.165, 1.54) is 5.56 Å². The van der Waals surface area contributed by atoms with Crippen molar-refractivity contribution in [2.75, 3.05) is 13.3 Å². The summed E-state index contributed by atoms with van der Waals surface area (Å²) in [6, 6.07) is 13.7. The smallest absolute Gasteiger partial charge is 0.231 e. The van der Waals surface area contributed by atoms with Gasteiger partial charge >= 0.3 is 0 Å². The third kappa shape index (κ3) is 3.47. The Labute approximate surface area is 124 Å². The number of nitrogens with one attached hydrogen (secondary N) is 1. The molecule has 0 spiro atoms. The minimum Gasteiger partial charge on any atom is -0.457 e. The number of ether oxygens (including phenoxy) is 3. The van der Waals surface area contributed by atoms with Gasteiger partial charge in [0, 0.05) is 12.6 Å². The number of fused-ring (bicyclic) bond motifs is 1. The van der Waals surface area contributed by atoms with Crippen molar-refractivity contribution in [2.45, 2.75) is 19.9 Å². The molecule has 1 aliphatic rings. The average Bonchev–Trinajstić information content (AvgIpc) is 2.95. The fourth-order valence-corrected chi connectivity index (χ4v) is 2.20. The first kappa shape index (κ1) is 13.8. The monoisotopic (exact) mass is 285 g/mol. The first-order valence-electron chi connectivity index (χ1n) is 7.22. The van der Waals surface area contributed by atoms with Gasteiger partial charge in [-0.1, -0.05) is 19.1 Å². The number of benzene rings is 2. The molecule has 0 amide bonds. The lowest BCUT2D eigenvalue weighted by Gasteiger charge is -2.09. The lowest BCUT2D eigenvalue weighted by Crippen LogP contribution is -2.13. The predicted molar refractivity (Wildman–Crippen MR) is 81.1 cm³/mol. The second kappa shape index (κ2) is 6.50. The number of hydrogen-bond acceptors (Lipinski definition) is 4. The van der Waals surface area contributed by atoms with Crippen LogP contribution in [0.5, 0.6) is 23.0 Å². The van der Waals surface area contributed by atoms with Gasteiger partial charge in [0.25, 0.3) is 0 Å². The first-order valence-corrected chi connectivity index (χ1v) is 7.22. The van der Waals surface area contributed by atoms with Crippen molar-refractivity contribution < 1.29 is 14.2 Å². The van der Waals surface area contributed by atoms with Gasteiger partial charge in [0.2, 0.25) is 6.79 Å². The molecule has 1 aliphatic heterocycles. The van der Waals surface area contributed by atoms with Crippen LogP contribution in [-0.4, -0.2) is 13.3 Å². The van der Waals surface area contributed by atoms with Crippen LogP contribution in [0.15, 0.2) is 42.5 Å². The van der Waals surface area contributed by atoms with E-state index in [0.29, 0.717) is 0 Å². The van der Waals surface area contributed by atoms with Gasteiger partial charge in [-0.2, -0.15) is 0 Å². The second-order valence-corrected chi connectivity index (χ2v) is 4.94. The van der Waals surface area contributed by atoms with E-state index in [9.17, 15) is 0 Å². The van der Waals surface area contributed by atoms with Crippen molar-refractivity contribution in [3.8, 4) is 23.0 Å². The highest BCUT2D eigenvalue weighted by molar-refractivity contribution is 5.48. The third-order valence-corrected chi connectivity index (χ3v) is 3.23. The molecule has 0 saturated heterocycles. The molecule has 0 saturated carbocycles. The van der Waals surface area contributed by atoms with Gasteiger partial charge in [-0.3, -0.25) is 0 Å². The summed E-state index contributed by atoms with van der Waals surface area (Å²) < 4.78 is 16.5. The Bertz CT molecular complexity index is 613. The summed E-state index contributed by atoms with van der Waals surface area (Å²) in [7, 11) is 0. The maximum Gasteiger partial charge on any atom is 0.231 e. The zero-order valence-corrected chi connectivity index (χ0v) is 12.1. The summed E-state index contributed by atoms with van der Waals surface area (Å²) in [4.78, 5) is 0. The van der Waals surface area contributed by atoms with E-state index in [-0.39, 0.29) is 6.79 Å². The quantitative estimate of drug-likeness (QED) is 0.821. The van der Waals surface area contributed by atoms with Gasteiger partial charge < -0.3 is 19.5 Å². The van der Waals surface area contributed by atoms with Gasteiger partial charge in [-0.15, -0.1) is 0 Å². The van der Waals surface area contributed by atoms with Crippen molar-refractivity contribution in [1.82, 2.24) is 5.32 Å². The normalized spacial score (nSPS) is 12.4. The molecule has 0 atom stereocenters. The van der Waals surface area contributed by atoms with Crippen LogP contribution >= 0.6 is 0 Å². The largest absolute Gasteiger partial charge is 0.457 e. The first-order chi connectivity index (χ1) is 10.3. The molecule has 4 nitrogen and oxygen atoms in total. The van der Waals surface area contributed by atoms with E-state index in [2.05, 4.69) is 18.3 Å². The molecule has 1 heterocycles. The molecular formula is C17H19NO3. The van der Waals surface area contributed by atoms with Crippen molar-refractivity contribution in [2.24, 2.45) is 0 Å². The van der Waals surface area contributed by atoms with E-state index in [1.807, 2.05) is 36.4 Å². The molecule has 0 unspecified atom stereocenters. The standard InChI is InChI=1S/C17H19NO3/c1-2-8-18-11-13-4-3-5-14(9-13)21-15-6-7-16-17(10-15)20-12-19-16/h3-7,9-10,18H,2,8,11-12H2,1H3. The minimum atomic E-state index is 0.275. The fourth-order valence-electron chi connectivity index (χ4n) is 2.20. The van der Waals surface area contributed by atoms with Crippen LogP contribution in [0.2, 0.25) is 0 Å². The Hall–Kier alpha value is -2.20. The maximum atomic E-state index is 5.89. The topological polar surface area (TPSA) is 39.7 Å². The minimum absolute atomic E-state index is 0.275. The van der Waals surface area contributed by atoms with Crippen LogP contribution in [-0.2, 0) is 6.54 Å². The highest BCUT2D eigenvalue weighted by atomic mass is 16.7. The van der Waals surface area contributed by atoms with Gasteiger partial charge in [-0.05, 0) is 42.8 Å². The summed E-state index contributed by atoms with van der Waals surface area (Å²) >= 11 is 0. The fraction of sp³-hybridized carbons (Fsp3) is 0.294. The molecule has 0 radical (unpaired) electrons. The molecule has 3 rings (SSSR count). The Balaban J connectivity index is 1.68. The molecule has 1 N–H and O–H groups in total. The Morgan fingerprint density at radius 1 is 1.05 bits per heavy atom. The van der Waals surface area contributed by atoms with Crippen LogP contribution in [0.4, 0.5) is 0 Å². The predicted octanol–water partition coefficient (Wildman–Crippen LogP) is 3.71. The van der Waals surface area contributed by atoms with Crippen molar-refractivity contribution in [3.05, 3.63) is 48.0 Å². The molecule has 2 aromatic carbocycles. The molecule has 0 bridgehead atoms. The van der Waals surface area contributed by atoms with E-state index >= 15 is 0 Å². The highest BCUT2D eigenvalue weighted by Crippen LogP contribution is 2.36. The lowest BCUT2D eigenvalue weighted by atomic mass is 10.2. The van der Waals surface area contributed by atoms with Gasteiger partial charge in [0.05, 0.1) is 0 Å². The Morgan fingerprint density at radius 3 is 2.81 bits per heavy atom. The summed E-state index contributed by atoms with van der Waals surface area (Å²) in [6.45, 7) is 4.31. The van der Waals surface area contributed by atoms with Gasteiger partial charge in [-0.25, -0.2) is 0 Å². The van der Waals surface area contributed by atoms with Crippen LogP contribution in [0, 0.1) is 0 Å². The summed E-state index contributed by atoms with van der Waals surface area (Å²) in [6.07, 6.45) is 1.13. The maximum absolute atomic E-state index is 5.89. The summed E-state index contributed by atoms with van der Waals surface area (Å²) in [5, 5.41) is 3.38. The van der Waals surface area contributed by atoms with Crippen LogP contribution in [0.1, 0.15) is 18.9 Å². The second-order valence-electron chi connectivity index (χ2n) is 4.94. The molecule has 110 valence electrons. The molecule has 21 heavy (non-hydrogen) atoms. The van der Waals surface area contributed by atoms with Crippen LogP contribution in [0.3, 0.4) is 0 Å². The average molecular weight is 285 g/mol. The molecule has 0 fully saturated rings. The van der Waals surface area contributed by atoms with E-state index < -0.39 is 0 Å². The number of hydrogen-bond donors (Lipinski definition) is 1. The third-order valence-electron chi connectivity index (χ3n) is 3.23. The number of rotatable bonds is 6. The Kier molecular flexibility index (Phi) is 4.26. The van der Waals surface area contributed by atoms with Gasteiger partial charge in [0.15, 0.2) is 11.5 Å². The zero-order valence-electron chi connectivity index (χ0n) is 12.1. The Morgan fingerprint density at radius 2 is 1.90 bits per heavy atom. The lowest BCUT2D eigenvalue weighted by molar-refractivity contribution is 0.174.